The van der Waals surface area contributed by atoms with Crippen LogP contribution in [-0.2, 0) is 0 Å². The van der Waals surface area contributed by atoms with Crippen LogP contribution in [0.25, 0.3) is 10.9 Å². The third-order valence-corrected chi connectivity index (χ3v) is 3.67. The van der Waals surface area contributed by atoms with Gasteiger partial charge in [-0.25, -0.2) is 0 Å². The molecule has 3 N–H and O–H groups in total. The largest absolute Gasteiger partial charge is 0.398 e. The number of aromatic nitrogens is 1. The normalized spacial score (nSPS) is 10.3. The number of nitriles is 1. The Bertz CT molecular complexity index is 868. The standard InChI is InChI=1S/C16H11BrN4/c17-11-4-3-10(9-18)15(8-11)21-14-6-5-13(19)12-2-1-7-20-16(12)14/h1-8,21H,19H2. The molecule has 1 heterocycles. The summed E-state index contributed by atoms with van der Waals surface area (Å²) in [6.45, 7) is 0. The summed E-state index contributed by atoms with van der Waals surface area (Å²) < 4.78 is 0.900. The van der Waals surface area contributed by atoms with Crippen molar-refractivity contribution in [1.82, 2.24) is 4.98 Å². The molecule has 3 rings (SSSR count). The lowest BCUT2D eigenvalue weighted by Gasteiger charge is -2.12. The van der Waals surface area contributed by atoms with E-state index in [0.717, 1.165) is 26.8 Å². The molecule has 21 heavy (non-hydrogen) atoms. The first-order chi connectivity index (χ1) is 10.2. The predicted molar refractivity (Wildman–Crippen MR) is 88.3 cm³/mol. The smallest absolute Gasteiger partial charge is 0.101 e. The van der Waals surface area contributed by atoms with Crippen LogP contribution >= 0.6 is 15.9 Å². The minimum Gasteiger partial charge on any atom is -0.398 e. The Labute approximate surface area is 130 Å². The van der Waals surface area contributed by atoms with E-state index in [9.17, 15) is 5.26 Å². The van der Waals surface area contributed by atoms with E-state index in [2.05, 4.69) is 32.3 Å². The van der Waals surface area contributed by atoms with E-state index in [4.69, 9.17) is 5.73 Å². The molecule has 5 heteroatoms. The van der Waals surface area contributed by atoms with Gasteiger partial charge in [0.05, 0.1) is 22.5 Å². The molecule has 0 unspecified atom stereocenters. The molecular weight excluding hydrogens is 328 g/mol. The number of halogens is 1. The summed E-state index contributed by atoms with van der Waals surface area (Å²) in [5.74, 6) is 0. The number of anilines is 3. The van der Waals surface area contributed by atoms with Crippen molar-refractivity contribution in [3.8, 4) is 6.07 Å². The highest BCUT2D eigenvalue weighted by molar-refractivity contribution is 9.10. The number of benzene rings is 2. The molecule has 0 saturated heterocycles. The maximum absolute atomic E-state index is 9.20. The first kappa shape index (κ1) is 13.4. The second kappa shape index (κ2) is 5.43. The molecule has 0 aliphatic heterocycles. The van der Waals surface area contributed by atoms with Gasteiger partial charge in [0.15, 0.2) is 0 Å². The topological polar surface area (TPSA) is 74.7 Å². The highest BCUT2D eigenvalue weighted by atomic mass is 79.9. The lowest BCUT2D eigenvalue weighted by atomic mass is 10.1. The van der Waals surface area contributed by atoms with Crippen LogP contribution in [0.1, 0.15) is 5.56 Å². The van der Waals surface area contributed by atoms with Gasteiger partial charge in [-0.1, -0.05) is 15.9 Å². The molecule has 2 aromatic carbocycles. The van der Waals surface area contributed by atoms with E-state index < -0.39 is 0 Å². The fourth-order valence-electron chi connectivity index (χ4n) is 2.16. The third kappa shape index (κ3) is 2.54. The van der Waals surface area contributed by atoms with Gasteiger partial charge >= 0.3 is 0 Å². The molecule has 0 fully saturated rings. The number of rotatable bonds is 2. The number of fused-ring (bicyclic) bond motifs is 1. The van der Waals surface area contributed by atoms with Crippen LogP contribution in [0.3, 0.4) is 0 Å². The molecule has 1 aromatic heterocycles. The van der Waals surface area contributed by atoms with E-state index in [1.54, 1.807) is 12.3 Å². The molecule has 0 radical (unpaired) electrons. The summed E-state index contributed by atoms with van der Waals surface area (Å²) in [5.41, 5.74) is 9.54. The van der Waals surface area contributed by atoms with Crippen molar-refractivity contribution in [2.24, 2.45) is 0 Å². The Morgan fingerprint density at radius 3 is 2.81 bits per heavy atom. The molecule has 102 valence electrons. The van der Waals surface area contributed by atoms with Gasteiger partial charge in [0.2, 0.25) is 0 Å². The molecule has 0 atom stereocenters. The van der Waals surface area contributed by atoms with Gasteiger partial charge in [-0.3, -0.25) is 4.98 Å². The number of hydrogen-bond donors (Lipinski definition) is 2. The van der Waals surface area contributed by atoms with Crippen molar-refractivity contribution in [2.45, 2.75) is 0 Å². The van der Waals surface area contributed by atoms with Crippen LogP contribution in [0.4, 0.5) is 17.1 Å². The van der Waals surface area contributed by atoms with Crippen LogP contribution in [0.15, 0.2) is 53.1 Å². The quantitative estimate of drug-likeness (QED) is 0.687. The van der Waals surface area contributed by atoms with Gasteiger partial charge < -0.3 is 11.1 Å². The number of nitrogens with two attached hydrogens (primary N) is 1. The van der Waals surface area contributed by atoms with E-state index in [0.29, 0.717) is 11.3 Å². The Hall–Kier alpha value is -2.58. The lowest BCUT2D eigenvalue weighted by molar-refractivity contribution is 1.40. The summed E-state index contributed by atoms with van der Waals surface area (Å²) in [7, 11) is 0. The molecule has 0 saturated carbocycles. The maximum atomic E-state index is 9.20. The van der Waals surface area contributed by atoms with Crippen molar-refractivity contribution in [1.29, 1.82) is 5.26 Å². The molecule has 0 aliphatic carbocycles. The SMILES string of the molecule is N#Cc1ccc(Br)cc1Nc1ccc(N)c2cccnc12. The summed E-state index contributed by atoms with van der Waals surface area (Å²) in [6, 6.07) is 15.1. The fraction of sp³-hybridized carbons (Fsp3) is 0. The molecule has 0 amide bonds. The minimum absolute atomic E-state index is 0.569. The van der Waals surface area contributed by atoms with Crippen molar-refractivity contribution in [3.63, 3.8) is 0 Å². The van der Waals surface area contributed by atoms with Crippen LogP contribution in [-0.4, -0.2) is 4.98 Å². The summed E-state index contributed by atoms with van der Waals surface area (Å²) in [6.07, 6.45) is 1.72. The Kier molecular flexibility index (Phi) is 3.46. The highest BCUT2D eigenvalue weighted by Crippen LogP contribution is 2.30. The Morgan fingerprint density at radius 2 is 2.00 bits per heavy atom. The summed E-state index contributed by atoms with van der Waals surface area (Å²) in [5, 5.41) is 13.4. The van der Waals surface area contributed by atoms with E-state index in [1.807, 2.05) is 36.4 Å². The van der Waals surface area contributed by atoms with Crippen molar-refractivity contribution >= 4 is 43.9 Å². The monoisotopic (exact) mass is 338 g/mol. The van der Waals surface area contributed by atoms with Gasteiger partial charge in [0, 0.05) is 21.7 Å². The molecule has 3 aromatic rings. The average molecular weight is 339 g/mol. The molecule has 4 nitrogen and oxygen atoms in total. The van der Waals surface area contributed by atoms with Crippen molar-refractivity contribution in [2.75, 3.05) is 11.1 Å². The second-order valence-electron chi connectivity index (χ2n) is 4.53. The minimum atomic E-state index is 0.569. The zero-order chi connectivity index (χ0) is 14.8. The second-order valence-corrected chi connectivity index (χ2v) is 5.44. The van der Waals surface area contributed by atoms with Gasteiger partial charge in [0.1, 0.15) is 6.07 Å². The number of nitrogen functional groups attached to an aromatic ring is 1. The van der Waals surface area contributed by atoms with Crippen molar-refractivity contribution < 1.29 is 0 Å². The van der Waals surface area contributed by atoms with Crippen LogP contribution in [0.5, 0.6) is 0 Å². The Balaban J connectivity index is 2.13. The first-order valence-corrected chi connectivity index (χ1v) is 7.08. The highest BCUT2D eigenvalue weighted by Gasteiger charge is 2.08. The molecule has 0 aliphatic rings. The van der Waals surface area contributed by atoms with Gasteiger partial charge in [0.25, 0.3) is 0 Å². The predicted octanol–water partition coefficient (Wildman–Crippen LogP) is 4.19. The summed E-state index contributed by atoms with van der Waals surface area (Å²) in [4.78, 5) is 4.38. The maximum Gasteiger partial charge on any atom is 0.101 e. The average Bonchev–Trinajstić information content (AvgIpc) is 2.51. The zero-order valence-electron chi connectivity index (χ0n) is 11.0. The number of nitrogens with one attached hydrogen (secondary N) is 1. The summed E-state index contributed by atoms with van der Waals surface area (Å²) >= 11 is 3.42. The number of pyridine rings is 1. The first-order valence-electron chi connectivity index (χ1n) is 6.29. The van der Waals surface area contributed by atoms with Crippen LogP contribution < -0.4 is 11.1 Å². The third-order valence-electron chi connectivity index (χ3n) is 3.17. The van der Waals surface area contributed by atoms with Gasteiger partial charge in [-0.2, -0.15) is 5.26 Å². The van der Waals surface area contributed by atoms with Crippen molar-refractivity contribution in [3.05, 3.63) is 58.7 Å². The van der Waals surface area contributed by atoms with E-state index in [1.165, 1.54) is 0 Å². The lowest BCUT2D eigenvalue weighted by Crippen LogP contribution is -1.97. The van der Waals surface area contributed by atoms with E-state index in [-0.39, 0.29) is 0 Å². The molecular formula is C16H11BrN4. The fourth-order valence-corrected chi connectivity index (χ4v) is 2.52. The number of nitrogens with zero attached hydrogens (tertiary/aromatic N) is 2. The molecule has 0 bridgehead atoms. The molecule has 0 spiro atoms. The van der Waals surface area contributed by atoms with Crippen LogP contribution in [0.2, 0.25) is 0 Å². The Morgan fingerprint density at radius 1 is 1.14 bits per heavy atom. The van der Waals surface area contributed by atoms with Crippen LogP contribution in [0, 0.1) is 11.3 Å². The van der Waals surface area contributed by atoms with Gasteiger partial charge in [-0.15, -0.1) is 0 Å². The number of hydrogen-bond acceptors (Lipinski definition) is 4. The van der Waals surface area contributed by atoms with Gasteiger partial charge in [-0.05, 0) is 42.5 Å². The van der Waals surface area contributed by atoms with E-state index >= 15 is 0 Å². The zero-order valence-corrected chi connectivity index (χ0v) is 12.6.